The second-order valence-corrected chi connectivity index (χ2v) is 6.09. The van der Waals surface area contributed by atoms with Gasteiger partial charge < -0.3 is 9.84 Å². The Kier molecular flexibility index (Phi) is 4.50. The molecule has 0 aliphatic rings. The van der Waals surface area contributed by atoms with Crippen molar-refractivity contribution in [2.45, 2.75) is 4.90 Å². The average molecular weight is 343 g/mol. The van der Waals surface area contributed by atoms with Crippen LogP contribution in [0.25, 0.3) is 0 Å². The molecule has 2 aromatic carbocycles. The minimum absolute atomic E-state index is 0.112. The van der Waals surface area contributed by atoms with Gasteiger partial charge in [-0.2, -0.15) is 0 Å². The molecule has 2 N–H and O–H groups in total. The SMILES string of the molecule is COc1ccc(C(=O)O)cc1S(=O)(=O)Nc1cc(F)cc(F)c1. The van der Waals surface area contributed by atoms with Crippen LogP contribution in [0.5, 0.6) is 5.75 Å². The normalized spacial score (nSPS) is 11.1. The molecule has 0 saturated carbocycles. The number of carbonyl (C=O) groups is 1. The van der Waals surface area contributed by atoms with Crippen molar-refractivity contribution in [3.05, 3.63) is 53.6 Å². The van der Waals surface area contributed by atoms with Crippen molar-refractivity contribution in [2.75, 3.05) is 11.8 Å². The maximum Gasteiger partial charge on any atom is 0.335 e. The van der Waals surface area contributed by atoms with Gasteiger partial charge in [0.2, 0.25) is 0 Å². The molecule has 0 aliphatic heterocycles. The van der Waals surface area contributed by atoms with Crippen LogP contribution in [0.3, 0.4) is 0 Å². The predicted molar refractivity (Wildman–Crippen MR) is 77.1 cm³/mol. The summed E-state index contributed by atoms with van der Waals surface area (Å²) in [6, 6.07) is 5.39. The Hall–Kier alpha value is -2.68. The molecule has 122 valence electrons. The molecule has 2 rings (SSSR count). The van der Waals surface area contributed by atoms with Gasteiger partial charge in [-0.1, -0.05) is 0 Å². The van der Waals surface area contributed by atoms with Crippen molar-refractivity contribution in [3.8, 4) is 5.75 Å². The number of carboxylic acids is 1. The monoisotopic (exact) mass is 343 g/mol. The highest BCUT2D eigenvalue weighted by molar-refractivity contribution is 7.92. The first-order chi connectivity index (χ1) is 10.7. The van der Waals surface area contributed by atoms with E-state index in [-0.39, 0.29) is 17.0 Å². The number of hydrogen-bond donors (Lipinski definition) is 2. The lowest BCUT2D eigenvalue weighted by molar-refractivity contribution is 0.0696. The van der Waals surface area contributed by atoms with Gasteiger partial charge >= 0.3 is 5.97 Å². The molecular formula is C14H11F2NO5S. The molecule has 0 amide bonds. The Morgan fingerprint density at radius 1 is 1.13 bits per heavy atom. The molecule has 0 fully saturated rings. The number of halogens is 2. The molecule has 6 nitrogen and oxygen atoms in total. The van der Waals surface area contributed by atoms with Crippen LogP contribution in [0.15, 0.2) is 41.3 Å². The van der Waals surface area contributed by atoms with Crippen molar-refractivity contribution < 1.29 is 31.8 Å². The average Bonchev–Trinajstić information content (AvgIpc) is 2.44. The number of hydrogen-bond acceptors (Lipinski definition) is 4. The van der Waals surface area contributed by atoms with E-state index >= 15 is 0 Å². The molecule has 0 heterocycles. The van der Waals surface area contributed by atoms with Crippen LogP contribution in [0.1, 0.15) is 10.4 Å². The Balaban J connectivity index is 2.50. The first-order valence-corrected chi connectivity index (χ1v) is 7.61. The number of methoxy groups -OCH3 is 1. The van der Waals surface area contributed by atoms with Gasteiger partial charge in [0.25, 0.3) is 10.0 Å². The maximum atomic E-state index is 13.1. The summed E-state index contributed by atoms with van der Waals surface area (Å²) in [7, 11) is -3.11. The van der Waals surface area contributed by atoms with Gasteiger partial charge in [-0.05, 0) is 30.3 Å². The third-order valence-corrected chi connectivity index (χ3v) is 4.22. The van der Waals surface area contributed by atoms with E-state index in [1.54, 1.807) is 0 Å². The lowest BCUT2D eigenvalue weighted by atomic mass is 10.2. The molecule has 9 heteroatoms. The number of nitrogens with one attached hydrogen (secondary N) is 1. The van der Waals surface area contributed by atoms with Crippen molar-refractivity contribution in [1.82, 2.24) is 0 Å². The van der Waals surface area contributed by atoms with Crippen LogP contribution in [0.2, 0.25) is 0 Å². The fourth-order valence-corrected chi connectivity index (χ4v) is 3.08. The van der Waals surface area contributed by atoms with E-state index in [9.17, 15) is 22.0 Å². The molecule has 0 radical (unpaired) electrons. The summed E-state index contributed by atoms with van der Waals surface area (Å²) in [6.07, 6.45) is 0. The third kappa shape index (κ3) is 3.75. The second kappa shape index (κ2) is 6.21. The summed E-state index contributed by atoms with van der Waals surface area (Å²) in [4.78, 5) is 10.5. The Bertz CT molecular complexity index is 847. The predicted octanol–water partition coefficient (Wildman–Crippen LogP) is 2.47. The number of sulfonamides is 1. The highest BCUT2D eigenvalue weighted by Crippen LogP contribution is 2.27. The van der Waals surface area contributed by atoms with Crippen LogP contribution < -0.4 is 9.46 Å². The number of ether oxygens (including phenoxy) is 1. The summed E-state index contributed by atoms with van der Waals surface area (Å²) >= 11 is 0. The van der Waals surface area contributed by atoms with Gasteiger partial charge in [-0.15, -0.1) is 0 Å². The van der Waals surface area contributed by atoms with E-state index in [1.165, 1.54) is 19.2 Å². The fraction of sp³-hybridized carbons (Fsp3) is 0.0714. The molecule has 0 saturated heterocycles. The summed E-state index contributed by atoms with van der Waals surface area (Å²) in [6.45, 7) is 0. The minimum atomic E-state index is -4.32. The molecule has 0 aromatic heterocycles. The van der Waals surface area contributed by atoms with Gasteiger partial charge in [0.1, 0.15) is 22.3 Å². The summed E-state index contributed by atoms with van der Waals surface area (Å²) in [5, 5.41) is 8.95. The summed E-state index contributed by atoms with van der Waals surface area (Å²) in [5.41, 5.74) is -0.623. The summed E-state index contributed by atoms with van der Waals surface area (Å²) in [5.74, 6) is -3.37. The lowest BCUT2D eigenvalue weighted by Gasteiger charge is -2.12. The Morgan fingerprint density at radius 2 is 1.74 bits per heavy atom. The van der Waals surface area contributed by atoms with Crippen molar-refractivity contribution in [1.29, 1.82) is 0 Å². The zero-order chi connectivity index (χ0) is 17.2. The van der Waals surface area contributed by atoms with Gasteiger partial charge in [0, 0.05) is 6.07 Å². The van der Waals surface area contributed by atoms with Gasteiger partial charge in [-0.3, -0.25) is 4.72 Å². The molecule has 2 aromatic rings. The van der Waals surface area contributed by atoms with Crippen LogP contribution in [-0.2, 0) is 10.0 Å². The van der Waals surface area contributed by atoms with Crippen molar-refractivity contribution in [2.24, 2.45) is 0 Å². The van der Waals surface area contributed by atoms with E-state index < -0.39 is 32.5 Å². The molecule has 0 spiro atoms. The van der Waals surface area contributed by atoms with E-state index in [0.29, 0.717) is 6.07 Å². The first-order valence-electron chi connectivity index (χ1n) is 6.13. The van der Waals surface area contributed by atoms with Crippen molar-refractivity contribution >= 4 is 21.7 Å². The van der Waals surface area contributed by atoms with E-state index in [0.717, 1.165) is 18.2 Å². The highest BCUT2D eigenvalue weighted by Gasteiger charge is 2.22. The minimum Gasteiger partial charge on any atom is -0.495 e. The topological polar surface area (TPSA) is 92.7 Å². The highest BCUT2D eigenvalue weighted by atomic mass is 32.2. The zero-order valence-corrected chi connectivity index (χ0v) is 12.5. The number of anilines is 1. The smallest absolute Gasteiger partial charge is 0.335 e. The van der Waals surface area contributed by atoms with Gasteiger partial charge in [0.05, 0.1) is 18.4 Å². The van der Waals surface area contributed by atoms with Crippen LogP contribution in [-0.4, -0.2) is 26.6 Å². The lowest BCUT2D eigenvalue weighted by Crippen LogP contribution is -2.15. The van der Waals surface area contributed by atoms with E-state index in [1.807, 2.05) is 4.72 Å². The second-order valence-electron chi connectivity index (χ2n) is 4.43. The van der Waals surface area contributed by atoms with Crippen LogP contribution in [0.4, 0.5) is 14.5 Å². The molecule has 0 atom stereocenters. The fourth-order valence-electron chi connectivity index (χ4n) is 1.84. The van der Waals surface area contributed by atoms with Crippen molar-refractivity contribution in [3.63, 3.8) is 0 Å². The van der Waals surface area contributed by atoms with Crippen LogP contribution >= 0.6 is 0 Å². The van der Waals surface area contributed by atoms with Gasteiger partial charge in [-0.25, -0.2) is 22.0 Å². The molecular weight excluding hydrogens is 332 g/mol. The largest absolute Gasteiger partial charge is 0.495 e. The first kappa shape index (κ1) is 16.7. The zero-order valence-electron chi connectivity index (χ0n) is 11.7. The Morgan fingerprint density at radius 3 is 2.26 bits per heavy atom. The molecule has 0 bridgehead atoms. The Labute approximate surface area is 130 Å². The quantitative estimate of drug-likeness (QED) is 0.870. The number of rotatable bonds is 5. The standard InChI is InChI=1S/C14H11F2NO5S/c1-22-12-3-2-8(14(18)19)4-13(12)23(20,21)17-11-6-9(15)5-10(16)7-11/h2-7,17H,1H3,(H,18,19). The molecule has 0 aliphatic carbocycles. The third-order valence-electron chi connectivity index (χ3n) is 2.81. The number of aromatic carboxylic acids is 1. The molecule has 0 unspecified atom stereocenters. The maximum absolute atomic E-state index is 13.1. The van der Waals surface area contributed by atoms with Gasteiger partial charge in [0.15, 0.2) is 0 Å². The molecule has 23 heavy (non-hydrogen) atoms. The van der Waals surface area contributed by atoms with Crippen LogP contribution in [0, 0.1) is 11.6 Å². The van der Waals surface area contributed by atoms with E-state index in [2.05, 4.69) is 0 Å². The number of carboxylic acid groups (broad SMARTS) is 1. The van der Waals surface area contributed by atoms with E-state index in [4.69, 9.17) is 9.84 Å². The number of benzene rings is 2. The summed E-state index contributed by atoms with van der Waals surface area (Å²) < 4.78 is 57.9.